The number of halogens is 1. The summed E-state index contributed by atoms with van der Waals surface area (Å²) in [6.07, 6.45) is 2.50. The first-order valence-corrected chi connectivity index (χ1v) is 7.51. The van der Waals surface area contributed by atoms with Gasteiger partial charge in [-0.2, -0.15) is 0 Å². The number of ether oxygens (including phenoxy) is 1. The minimum absolute atomic E-state index is 0.322. The highest BCUT2D eigenvalue weighted by Crippen LogP contribution is 2.18. The Morgan fingerprint density at radius 1 is 1.00 bits per heavy atom. The summed E-state index contributed by atoms with van der Waals surface area (Å²) < 4.78 is 17.9. The maximum Gasteiger partial charge on any atom is 0.235 e. The Balaban J connectivity index is 0. The number of methoxy groups -OCH3 is 1. The number of fused-ring (bicyclic) bond motifs is 1. The van der Waals surface area contributed by atoms with Gasteiger partial charge in [0.05, 0.1) is 18.1 Å². The number of nitrogens with zero attached hydrogens (tertiary/aromatic N) is 2. The van der Waals surface area contributed by atoms with Crippen LogP contribution >= 0.6 is 0 Å². The van der Waals surface area contributed by atoms with Gasteiger partial charge in [0, 0.05) is 6.07 Å². The molecule has 22 heavy (non-hydrogen) atoms. The fourth-order valence-electron chi connectivity index (χ4n) is 1.29. The van der Waals surface area contributed by atoms with Gasteiger partial charge in [-0.05, 0) is 19.1 Å². The summed E-state index contributed by atoms with van der Waals surface area (Å²) in [5, 5.41) is 0. The van der Waals surface area contributed by atoms with Crippen molar-refractivity contribution in [2.24, 2.45) is 0 Å². The average molecular weight is 308 g/mol. The van der Waals surface area contributed by atoms with Gasteiger partial charge in [0.2, 0.25) is 5.88 Å². The molecule has 0 saturated carbocycles. The minimum Gasteiger partial charge on any atom is -0.480 e. The smallest absolute Gasteiger partial charge is 0.235 e. The SMILES string of the molecule is C=C.CCC.CCC.COc1nc2cc(F)ccc2nc1C. The molecule has 0 atom stereocenters. The molecule has 2 aromatic rings. The molecule has 0 aliphatic heterocycles. The fraction of sp³-hybridized carbons (Fsp3) is 0.444. The Morgan fingerprint density at radius 2 is 1.50 bits per heavy atom. The average Bonchev–Trinajstić information content (AvgIpc) is 2.50. The summed E-state index contributed by atoms with van der Waals surface area (Å²) in [4.78, 5) is 8.36. The van der Waals surface area contributed by atoms with Gasteiger partial charge in [0.15, 0.2) is 0 Å². The molecule has 0 spiro atoms. The van der Waals surface area contributed by atoms with Crippen LogP contribution in [0.3, 0.4) is 0 Å². The summed E-state index contributed by atoms with van der Waals surface area (Å²) in [7, 11) is 1.52. The van der Waals surface area contributed by atoms with E-state index in [-0.39, 0.29) is 5.82 Å². The van der Waals surface area contributed by atoms with E-state index in [1.807, 2.05) is 0 Å². The zero-order chi connectivity index (χ0) is 17.5. The van der Waals surface area contributed by atoms with Crippen molar-refractivity contribution in [2.45, 2.75) is 47.5 Å². The van der Waals surface area contributed by atoms with E-state index in [1.165, 1.54) is 32.1 Å². The predicted molar refractivity (Wildman–Crippen MR) is 94.0 cm³/mol. The van der Waals surface area contributed by atoms with Crippen molar-refractivity contribution in [1.82, 2.24) is 9.97 Å². The summed E-state index contributed by atoms with van der Waals surface area (Å²) in [6.45, 7) is 16.3. The molecule has 0 bridgehead atoms. The van der Waals surface area contributed by atoms with Crippen LogP contribution in [-0.2, 0) is 0 Å². The molecule has 124 valence electrons. The zero-order valence-electron chi connectivity index (χ0n) is 14.7. The summed E-state index contributed by atoms with van der Waals surface area (Å²) in [5.41, 5.74) is 1.88. The summed E-state index contributed by atoms with van der Waals surface area (Å²) in [5.74, 6) is 0.112. The van der Waals surface area contributed by atoms with Gasteiger partial charge in [-0.1, -0.05) is 40.5 Å². The summed E-state index contributed by atoms with van der Waals surface area (Å²) >= 11 is 0. The lowest BCUT2D eigenvalue weighted by Gasteiger charge is -2.04. The Bertz CT molecular complexity index is 528. The fourth-order valence-corrected chi connectivity index (χ4v) is 1.29. The van der Waals surface area contributed by atoms with Gasteiger partial charge in [-0.15, -0.1) is 13.2 Å². The monoisotopic (exact) mass is 308 g/mol. The van der Waals surface area contributed by atoms with Crippen molar-refractivity contribution in [3.8, 4) is 5.88 Å². The first-order valence-electron chi connectivity index (χ1n) is 7.51. The molecular formula is C18H29FN2O. The molecule has 1 aromatic carbocycles. The first kappa shape index (κ1) is 22.3. The Labute approximate surface area is 134 Å². The van der Waals surface area contributed by atoms with E-state index in [0.29, 0.717) is 22.6 Å². The maximum absolute atomic E-state index is 12.9. The number of hydrogen-bond donors (Lipinski definition) is 0. The van der Waals surface area contributed by atoms with Crippen LogP contribution in [0.4, 0.5) is 4.39 Å². The second kappa shape index (κ2) is 14.0. The zero-order valence-corrected chi connectivity index (χ0v) is 14.7. The van der Waals surface area contributed by atoms with Crippen molar-refractivity contribution < 1.29 is 9.13 Å². The van der Waals surface area contributed by atoms with Crippen LogP contribution in [0, 0.1) is 12.7 Å². The highest BCUT2D eigenvalue weighted by Gasteiger charge is 2.05. The third kappa shape index (κ3) is 8.35. The van der Waals surface area contributed by atoms with Crippen molar-refractivity contribution in [2.75, 3.05) is 7.11 Å². The number of aromatic nitrogens is 2. The third-order valence-corrected chi connectivity index (χ3v) is 1.95. The van der Waals surface area contributed by atoms with E-state index in [9.17, 15) is 4.39 Å². The van der Waals surface area contributed by atoms with Crippen molar-refractivity contribution in [3.63, 3.8) is 0 Å². The number of rotatable bonds is 1. The van der Waals surface area contributed by atoms with E-state index < -0.39 is 0 Å². The molecule has 0 fully saturated rings. The van der Waals surface area contributed by atoms with Crippen molar-refractivity contribution >= 4 is 11.0 Å². The lowest BCUT2D eigenvalue weighted by Crippen LogP contribution is -1.95. The number of aryl methyl sites for hydroxylation is 1. The van der Waals surface area contributed by atoms with Gasteiger partial charge < -0.3 is 4.74 Å². The van der Waals surface area contributed by atoms with Crippen LogP contribution in [0.2, 0.25) is 0 Å². The predicted octanol–water partition coefficient (Wildman–Crippen LogP) is 5.72. The topological polar surface area (TPSA) is 35.0 Å². The van der Waals surface area contributed by atoms with E-state index in [1.54, 1.807) is 13.0 Å². The van der Waals surface area contributed by atoms with Crippen molar-refractivity contribution in [1.29, 1.82) is 0 Å². The molecule has 0 radical (unpaired) electrons. The minimum atomic E-state index is -0.322. The molecule has 0 amide bonds. The van der Waals surface area contributed by atoms with Crippen LogP contribution < -0.4 is 4.74 Å². The molecule has 4 heteroatoms. The largest absolute Gasteiger partial charge is 0.480 e. The highest BCUT2D eigenvalue weighted by atomic mass is 19.1. The highest BCUT2D eigenvalue weighted by molar-refractivity contribution is 5.74. The van der Waals surface area contributed by atoms with Crippen LogP contribution in [0.5, 0.6) is 5.88 Å². The second-order valence-corrected chi connectivity index (χ2v) is 4.37. The number of hydrogen-bond acceptors (Lipinski definition) is 3. The third-order valence-electron chi connectivity index (χ3n) is 1.95. The molecule has 2 rings (SSSR count). The molecule has 0 N–H and O–H groups in total. The molecule has 0 unspecified atom stereocenters. The quantitative estimate of drug-likeness (QED) is 0.632. The number of benzene rings is 1. The normalized spacial score (nSPS) is 8.50. The Kier molecular flexibility index (Phi) is 14.2. The van der Waals surface area contributed by atoms with Gasteiger partial charge in [-0.25, -0.2) is 14.4 Å². The van der Waals surface area contributed by atoms with Gasteiger partial charge >= 0.3 is 0 Å². The van der Waals surface area contributed by atoms with Crippen LogP contribution in [0.25, 0.3) is 11.0 Å². The molecule has 1 aromatic heterocycles. The lowest BCUT2D eigenvalue weighted by atomic mass is 10.3. The first-order chi connectivity index (χ1) is 10.5. The Hall–Kier alpha value is -1.97. The molecule has 0 aliphatic rings. The second-order valence-electron chi connectivity index (χ2n) is 4.37. The van der Waals surface area contributed by atoms with Gasteiger partial charge in [0.25, 0.3) is 0 Å². The van der Waals surface area contributed by atoms with Crippen LogP contribution in [-0.4, -0.2) is 17.1 Å². The van der Waals surface area contributed by atoms with E-state index >= 15 is 0 Å². The van der Waals surface area contributed by atoms with Crippen molar-refractivity contribution in [3.05, 3.63) is 42.9 Å². The van der Waals surface area contributed by atoms with Gasteiger partial charge in [-0.3, -0.25) is 0 Å². The Morgan fingerprint density at radius 3 is 1.95 bits per heavy atom. The molecule has 1 heterocycles. The van der Waals surface area contributed by atoms with Crippen LogP contribution in [0.15, 0.2) is 31.4 Å². The summed E-state index contributed by atoms with van der Waals surface area (Å²) in [6, 6.07) is 4.30. The lowest BCUT2D eigenvalue weighted by molar-refractivity contribution is 0.394. The molecule has 0 saturated heterocycles. The van der Waals surface area contributed by atoms with E-state index in [0.717, 1.165) is 0 Å². The van der Waals surface area contributed by atoms with E-state index in [4.69, 9.17) is 4.74 Å². The van der Waals surface area contributed by atoms with Crippen LogP contribution in [0.1, 0.15) is 46.2 Å². The molecular weight excluding hydrogens is 279 g/mol. The molecule has 0 aliphatic carbocycles. The van der Waals surface area contributed by atoms with Gasteiger partial charge in [0.1, 0.15) is 11.5 Å². The maximum atomic E-state index is 12.9. The molecule has 3 nitrogen and oxygen atoms in total. The van der Waals surface area contributed by atoms with E-state index in [2.05, 4.69) is 50.8 Å². The standard InChI is InChI=1S/C10H9FN2O.2C3H8.C2H4/c1-6-10(14-2)13-9-5-7(11)3-4-8(9)12-6;2*1-3-2;1-2/h3-5H,1-2H3;2*3H2,1-2H3;1-2H2.